The van der Waals surface area contributed by atoms with Crippen LogP contribution in [0.25, 0.3) is 0 Å². The van der Waals surface area contributed by atoms with E-state index in [2.05, 4.69) is 15.3 Å². The molecule has 18 heavy (non-hydrogen) atoms. The van der Waals surface area contributed by atoms with Crippen LogP contribution in [-0.2, 0) is 6.42 Å². The molecule has 0 bridgehead atoms. The van der Waals surface area contributed by atoms with Crippen LogP contribution in [0.1, 0.15) is 11.3 Å². The maximum Gasteiger partial charge on any atom is 0.182 e. The minimum Gasteiger partial charge on any atom is -0.367 e. The molecule has 0 aliphatic heterocycles. The fourth-order valence-electron chi connectivity index (χ4n) is 1.57. The normalized spacial score (nSPS) is 9.78. The highest BCUT2D eigenvalue weighted by Crippen LogP contribution is 2.15. The zero-order valence-corrected chi connectivity index (χ0v) is 10.4. The van der Waals surface area contributed by atoms with Crippen molar-refractivity contribution in [3.63, 3.8) is 0 Å². The Balaban J connectivity index is 1.97. The summed E-state index contributed by atoms with van der Waals surface area (Å²) < 4.78 is 0. The molecule has 90 valence electrons. The summed E-state index contributed by atoms with van der Waals surface area (Å²) in [5, 5.41) is 12.7. The largest absolute Gasteiger partial charge is 0.367 e. The predicted molar refractivity (Wildman–Crippen MR) is 70.4 cm³/mol. The zero-order valence-electron chi connectivity index (χ0n) is 9.60. The second-order valence-electron chi connectivity index (χ2n) is 3.63. The molecule has 0 radical (unpaired) electrons. The van der Waals surface area contributed by atoms with Crippen LogP contribution in [0.5, 0.6) is 0 Å². The van der Waals surface area contributed by atoms with E-state index in [4.69, 9.17) is 16.9 Å². The second kappa shape index (κ2) is 5.99. The maximum absolute atomic E-state index is 8.87. The molecule has 1 aromatic heterocycles. The van der Waals surface area contributed by atoms with E-state index in [1.807, 2.05) is 30.3 Å². The number of nitrogens with zero attached hydrogens (tertiary/aromatic N) is 3. The van der Waals surface area contributed by atoms with Crippen LogP contribution in [0.2, 0.25) is 5.02 Å². The summed E-state index contributed by atoms with van der Waals surface area (Å²) in [5.41, 5.74) is 1.37. The molecule has 0 saturated carbocycles. The first-order valence-electron chi connectivity index (χ1n) is 5.49. The van der Waals surface area contributed by atoms with Crippen molar-refractivity contribution in [1.82, 2.24) is 9.97 Å². The van der Waals surface area contributed by atoms with Gasteiger partial charge in [0.15, 0.2) is 11.5 Å². The molecule has 2 aromatic rings. The van der Waals surface area contributed by atoms with Gasteiger partial charge in [-0.1, -0.05) is 29.8 Å². The molecule has 4 nitrogen and oxygen atoms in total. The summed E-state index contributed by atoms with van der Waals surface area (Å²) in [4.78, 5) is 8.00. The van der Waals surface area contributed by atoms with Crippen LogP contribution >= 0.6 is 11.6 Å². The summed E-state index contributed by atoms with van der Waals surface area (Å²) in [6.07, 6.45) is 3.82. The molecule has 0 fully saturated rings. The van der Waals surface area contributed by atoms with Gasteiger partial charge in [-0.3, -0.25) is 0 Å². The number of hydrogen-bond acceptors (Lipinski definition) is 4. The first-order valence-corrected chi connectivity index (χ1v) is 5.87. The number of aromatic nitrogens is 2. The number of hydrogen-bond donors (Lipinski definition) is 1. The molecule has 1 N–H and O–H groups in total. The molecule has 0 spiro atoms. The molecular weight excluding hydrogens is 248 g/mol. The lowest BCUT2D eigenvalue weighted by Crippen LogP contribution is -2.08. The van der Waals surface area contributed by atoms with Crippen molar-refractivity contribution >= 4 is 17.4 Å². The molecule has 5 heteroatoms. The van der Waals surface area contributed by atoms with Crippen LogP contribution in [0.15, 0.2) is 36.7 Å². The van der Waals surface area contributed by atoms with Gasteiger partial charge in [-0.25, -0.2) is 9.97 Å². The number of rotatable bonds is 4. The van der Waals surface area contributed by atoms with E-state index >= 15 is 0 Å². The predicted octanol–water partition coefficient (Wildman–Crippen LogP) is 2.66. The van der Waals surface area contributed by atoms with Crippen LogP contribution in [-0.4, -0.2) is 16.5 Å². The van der Waals surface area contributed by atoms with Crippen molar-refractivity contribution in [2.75, 3.05) is 11.9 Å². The number of benzene rings is 1. The lowest BCUT2D eigenvalue weighted by atomic mass is 10.1. The fraction of sp³-hybridized carbons (Fsp3) is 0.154. The molecule has 0 unspecified atom stereocenters. The molecule has 0 saturated heterocycles. The molecule has 1 heterocycles. The van der Waals surface area contributed by atoms with E-state index in [-0.39, 0.29) is 0 Å². The van der Waals surface area contributed by atoms with Gasteiger partial charge in [-0.15, -0.1) is 0 Å². The topological polar surface area (TPSA) is 61.6 Å². The van der Waals surface area contributed by atoms with Crippen molar-refractivity contribution in [3.8, 4) is 6.07 Å². The molecule has 0 amide bonds. The Morgan fingerprint density at radius 2 is 2.00 bits per heavy atom. The van der Waals surface area contributed by atoms with Gasteiger partial charge >= 0.3 is 0 Å². The summed E-state index contributed by atoms with van der Waals surface area (Å²) in [6, 6.07) is 9.68. The molecule has 0 aliphatic carbocycles. The van der Waals surface area contributed by atoms with E-state index in [1.54, 1.807) is 6.20 Å². The number of nitriles is 1. The van der Waals surface area contributed by atoms with Gasteiger partial charge in [-0.2, -0.15) is 5.26 Å². The fourth-order valence-corrected chi connectivity index (χ4v) is 1.80. The van der Waals surface area contributed by atoms with Crippen molar-refractivity contribution in [2.45, 2.75) is 6.42 Å². The summed E-state index contributed by atoms with van der Waals surface area (Å²) in [7, 11) is 0. The van der Waals surface area contributed by atoms with E-state index in [0.29, 0.717) is 18.1 Å². The Labute approximate surface area is 110 Å². The van der Waals surface area contributed by atoms with Crippen LogP contribution in [0, 0.1) is 11.3 Å². The molecule has 0 aliphatic rings. The van der Waals surface area contributed by atoms with Crippen LogP contribution in [0.3, 0.4) is 0 Å². The summed E-state index contributed by atoms with van der Waals surface area (Å²) in [5.74, 6) is 0.507. The summed E-state index contributed by atoms with van der Waals surface area (Å²) in [6.45, 7) is 0.650. The lowest BCUT2D eigenvalue weighted by Gasteiger charge is -2.07. The quantitative estimate of drug-likeness (QED) is 0.916. The number of anilines is 1. The lowest BCUT2D eigenvalue weighted by molar-refractivity contribution is 0.995. The average molecular weight is 259 g/mol. The van der Waals surface area contributed by atoms with Crippen molar-refractivity contribution in [1.29, 1.82) is 5.26 Å². The maximum atomic E-state index is 8.87. The first-order chi connectivity index (χ1) is 8.81. The Morgan fingerprint density at radius 3 is 2.78 bits per heavy atom. The van der Waals surface area contributed by atoms with Gasteiger partial charge in [0.1, 0.15) is 6.07 Å². The van der Waals surface area contributed by atoms with Gasteiger partial charge in [0.2, 0.25) is 0 Å². The van der Waals surface area contributed by atoms with Gasteiger partial charge in [0, 0.05) is 24.0 Å². The third kappa shape index (κ3) is 2.96. The molecule has 0 atom stereocenters. The van der Waals surface area contributed by atoms with Gasteiger partial charge in [-0.05, 0) is 18.1 Å². The van der Waals surface area contributed by atoms with E-state index in [9.17, 15) is 0 Å². The standard InChI is InChI=1S/C13H11ClN4/c14-11-4-2-1-3-10(11)5-6-17-13-12(9-15)16-7-8-18-13/h1-4,7-8H,5-6H2,(H,17,18). The van der Waals surface area contributed by atoms with Crippen LogP contribution in [0.4, 0.5) is 5.82 Å². The molecular formula is C13H11ClN4. The highest BCUT2D eigenvalue weighted by Gasteiger charge is 2.03. The Morgan fingerprint density at radius 1 is 1.22 bits per heavy atom. The van der Waals surface area contributed by atoms with Crippen LogP contribution < -0.4 is 5.32 Å². The minimum atomic E-state index is 0.302. The minimum absolute atomic E-state index is 0.302. The Hall–Kier alpha value is -2.12. The van der Waals surface area contributed by atoms with E-state index in [0.717, 1.165) is 17.0 Å². The Kier molecular flexibility index (Phi) is 4.11. The smallest absolute Gasteiger partial charge is 0.182 e. The SMILES string of the molecule is N#Cc1nccnc1NCCc1ccccc1Cl. The van der Waals surface area contributed by atoms with E-state index in [1.165, 1.54) is 6.20 Å². The zero-order chi connectivity index (χ0) is 12.8. The van der Waals surface area contributed by atoms with Crippen molar-refractivity contribution in [3.05, 3.63) is 52.9 Å². The number of nitrogens with one attached hydrogen (secondary N) is 1. The van der Waals surface area contributed by atoms with E-state index < -0.39 is 0 Å². The van der Waals surface area contributed by atoms with Crippen molar-refractivity contribution in [2.24, 2.45) is 0 Å². The third-order valence-corrected chi connectivity index (χ3v) is 2.82. The third-order valence-electron chi connectivity index (χ3n) is 2.45. The average Bonchev–Trinajstić information content (AvgIpc) is 2.41. The Bertz CT molecular complexity index is 577. The highest BCUT2D eigenvalue weighted by atomic mass is 35.5. The van der Waals surface area contributed by atoms with Gasteiger partial charge < -0.3 is 5.32 Å². The van der Waals surface area contributed by atoms with Crippen molar-refractivity contribution < 1.29 is 0 Å². The molecule has 1 aromatic carbocycles. The molecule has 2 rings (SSSR count). The van der Waals surface area contributed by atoms with Gasteiger partial charge in [0.25, 0.3) is 0 Å². The first kappa shape index (κ1) is 12.3. The number of halogens is 1. The monoisotopic (exact) mass is 258 g/mol. The summed E-state index contributed by atoms with van der Waals surface area (Å²) >= 11 is 6.06. The van der Waals surface area contributed by atoms with Gasteiger partial charge in [0.05, 0.1) is 0 Å². The highest BCUT2D eigenvalue weighted by molar-refractivity contribution is 6.31. The second-order valence-corrected chi connectivity index (χ2v) is 4.04.